The lowest BCUT2D eigenvalue weighted by molar-refractivity contribution is 0.0923. The van der Waals surface area contributed by atoms with Crippen LogP contribution >= 0.6 is 0 Å². The Morgan fingerprint density at radius 2 is 2.20 bits per heavy atom. The van der Waals surface area contributed by atoms with Gasteiger partial charge in [0.2, 0.25) is 0 Å². The topological polar surface area (TPSA) is 84.6 Å². The van der Waals surface area contributed by atoms with E-state index >= 15 is 0 Å². The summed E-state index contributed by atoms with van der Waals surface area (Å²) >= 11 is 0. The molecule has 1 aliphatic rings. The number of carbonyl (C=O) groups excluding carboxylic acids is 1. The van der Waals surface area contributed by atoms with E-state index < -0.39 is 0 Å². The van der Waals surface area contributed by atoms with Crippen LogP contribution in [0.3, 0.4) is 0 Å². The van der Waals surface area contributed by atoms with E-state index in [1.807, 2.05) is 0 Å². The zero-order valence-corrected chi connectivity index (χ0v) is 11.8. The van der Waals surface area contributed by atoms with E-state index in [0.29, 0.717) is 23.8 Å². The zero-order valence-electron chi connectivity index (χ0n) is 11.8. The second-order valence-corrected chi connectivity index (χ2v) is 5.25. The Morgan fingerprint density at radius 3 is 2.75 bits per heavy atom. The third-order valence-electron chi connectivity index (χ3n) is 3.98. The Kier molecular flexibility index (Phi) is 4.84. The quantitative estimate of drug-likeness (QED) is 0.764. The standard InChI is InChI=1S/C15H22N2O3/c1-20-14-7-6-11(8-13(14)18)15(19)17-12(9-16)10-4-2-3-5-10/h6-8,10,12,18H,2-5,9,16H2,1H3,(H,17,19). The molecule has 4 N–H and O–H groups in total. The minimum absolute atomic E-state index is 0.00856. The number of nitrogens with one attached hydrogen (secondary N) is 1. The highest BCUT2D eigenvalue weighted by molar-refractivity contribution is 5.95. The molecule has 5 heteroatoms. The molecule has 1 saturated carbocycles. The maximum absolute atomic E-state index is 12.2. The highest BCUT2D eigenvalue weighted by atomic mass is 16.5. The van der Waals surface area contributed by atoms with Gasteiger partial charge in [-0.25, -0.2) is 0 Å². The maximum Gasteiger partial charge on any atom is 0.251 e. The van der Waals surface area contributed by atoms with Crippen LogP contribution in [0.2, 0.25) is 0 Å². The molecule has 0 spiro atoms. The van der Waals surface area contributed by atoms with E-state index in [2.05, 4.69) is 5.32 Å². The van der Waals surface area contributed by atoms with Gasteiger partial charge in [0.25, 0.3) is 5.91 Å². The number of phenols is 1. The lowest BCUT2D eigenvalue weighted by Crippen LogP contribution is -2.44. The smallest absolute Gasteiger partial charge is 0.251 e. The van der Waals surface area contributed by atoms with Gasteiger partial charge in [0.05, 0.1) is 7.11 Å². The minimum Gasteiger partial charge on any atom is -0.504 e. The highest BCUT2D eigenvalue weighted by Gasteiger charge is 2.25. The number of aromatic hydroxyl groups is 1. The first-order valence-electron chi connectivity index (χ1n) is 7.03. The fraction of sp³-hybridized carbons (Fsp3) is 0.533. The number of amides is 1. The first-order valence-corrected chi connectivity index (χ1v) is 7.03. The molecule has 2 rings (SSSR count). The zero-order chi connectivity index (χ0) is 14.5. The Bertz CT molecular complexity index is 470. The molecule has 1 aromatic rings. The largest absolute Gasteiger partial charge is 0.504 e. The number of ether oxygens (including phenoxy) is 1. The second kappa shape index (κ2) is 6.61. The van der Waals surface area contributed by atoms with Crippen LogP contribution in [0.1, 0.15) is 36.0 Å². The summed E-state index contributed by atoms with van der Waals surface area (Å²) in [5.41, 5.74) is 6.19. The number of hydrogen-bond donors (Lipinski definition) is 3. The average molecular weight is 278 g/mol. The third-order valence-corrected chi connectivity index (χ3v) is 3.98. The Hall–Kier alpha value is -1.75. The van der Waals surface area contributed by atoms with Crippen LogP contribution in [0.25, 0.3) is 0 Å². The van der Waals surface area contributed by atoms with E-state index in [0.717, 1.165) is 12.8 Å². The van der Waals surface area contributed by atoms with Gasteiger partial charge in [-0.1, -0.05) is 12.8 Å². The summed E-state index contributed by atoms with van der Waals surface area (Å²) < 4.78 is 4.96. The van der Waals surface area contributed by atoms with Gasteiger partial charge in [0.15, 0.2) is 11.5 Å². The van der Waals surface area contributed by atoms with Crippen LogP contribution < -0.4 is 15.8 Å². The van der Waals surface area contributed by atoms with Gasteiger partial charge in [-0.2, -0.15) is 0 Å². The molecule has 1 aliphatic carbocycles. The maximum atomic E-state index is 12.2. The molecule has 1 amide bonds. The van der Waals surface area contributed by atoms with Gasteiger partial charge in [-0.3, -0.25) is 4.79 Å². The van der Waals surface area contributed by atoms with E-state index in [-0.39, 0.29) is 17.7 Å². The molecule has 0 saturated heterocycles. The minimum atomic E-state index is -0.203. The van der Waals surface area contributed by atoms with Crippen LogP contribution in [-0.2, 0) is 0 Å². The second-order valence-electron chi connectivity index (χ2n) is 5.25. The lowest BCUT2D eigenvalue weighted by Gasteiger charge is -2.23. The molecule has 1 unspecified atom stereocenters. The summed E-state index contributed by atoms with van der Waals surface area (Å²) in [7, 11) is 1.47. The van der Waals surface area contributed by atoms with Crippen molar-refractivity contribution >= 4 is 5.91 Å². The Morgan fingerprint density at radius 1 is 1.50 bits per heavy atom. The van der Waals surface area contributed by atoms with Gasteiger partial charge >= 0.3 is 0 Å². The van der Waals surface area contributed by atoms with Gasteiger partial charge in [0, 0.05) is 18.2 Å². The van der Waals surface area contributed by atoms with Crippen molar-refractivity contribution in [2.24, 2.45) is 11.7 Å². The molecule has 0 heterocycles. The molecule has 5 nitrogen and oxygen atoms in total. The summed E-state index contributed by atoms with van der Waals surface area (Å²) in [6.45, 7) is 0.443. The summed E-state index contributed by atoms with van der Waals surface area (Å²) in [4.78, 5) is 12.2. The number of benzene rings is 1. The van der Waals surface area contributed by atoms with Crippen molar-refractivity contribution in [1.29, 1.82) is 0 Å². The molecular weight excluding hydrogens is 256 g/mol. The molecule has 0 aliphatic heterocycles. The molecule has 20 heavy (non-hydrogen) atoms. The van der Waals surface area contributed by atoms with Gasteiger partial charge in [0.1, 0.15) is 0 Å². The van der Waals surface area contributed by atoms with E-state index in [4.69, 9.17) is 10.5 Å². The molecular formula is C15H22N2O3. The number of hydrogen-bond acceptors (Lipinski definition) is 4. The number of nitrogens with two attached hydrogens (primary N) is 1. The fourth-order valence-corrected chi connectivity index (χ4v) is 2.81. The van der Waals surface area contributed by atoms with Crippen LogP contribution in [0.15, 0.2) is 18.2 Å². The van der Waals surface area contributed by atoms with Crippen LogP contribution in [0.4, 0.5) is 0 Å². The van der Waals surface area contributed by atoms with Gasteiger partial charge in [-0.15, -0.1) is 0 Å². The third kappa shape index (κ3) is 3.22. The number of rotatable bonds is 5. The monoisotopic (exact) mass is 278 g/mol. The van der Waals surface area contributed by atoms with Crippen molar-refractivity contribution in [3.05, 3.63) is 23.8 Å². The van der Waals surface area contributed by atoms with Gasteiger partial charge in [-0.05, 0) is 37.0 Å². The van der Waals surface area contributed by atoms with Crippen LogP contribution in [-0.4, -0.2) is 30.7 Å². The molecule has 0 bridgehead atoms. The van der Waals surface area contributed by atoms with Crippen LogP contribution in [0, 0.1) is 5.92 Å². The van der Waals surface area contributed by atoms with E-state index in [1.165, 1.54) is 26.0 Å². The molecule has 0 aromatic heterocycles. The Balaban J connectivity index is 2.04. The van der Waals surface area contributed by atoms with Gasteiger partial charge < -0.3 is 20.9 Å². The van der Waals surface area contributed by atoms with Crippen molar-refractivity contribution in [1.82, 2.24) is 5.32 Å². The van der Waals surface area contributed by atoms with Crippen molar-refractivity contribution in [3.8, 4) is 11.5 Å². The fourth-order valence-electron chi connectivity index (χ4n) is 2.81. The normalized spacial score (nSPS) is 16.9. The summed E-state index contributed by atoms with van der Waals surface area (Å²) in [6, 6.07) is 4.64. The number of carbonyl (C=O) groups is 1. The summed E-state index contributed by atoms with van der Waals surface area (Å²) in [6.07, 6.45) is 4.66. The predicted octanol–water partition coefficient (Wildman–Crippen LogP) is 1.65. The van der Waals surface area contributed by atoms with Crippen LogP contribution in [0.5, 0.6) is 11.5 Å². The molecule has 110 valence electrons. The highest BCUT2D eigenvalue weighted by Crippen LogP contribution is 2.28. The first-order chi connectivity index (χ1) is 9.65. The van der Waals surface area contributed by atoms with Crippen molar-refractivity contribution < 1.29 is 14.6 Å². The number of methoxy groups -OCH3 is 1. The summed E-state index contributed by atoms with van der Waals surface area (Å²) in [5, 5.41) is 12.7. The van der Waals surface area contributed by atoms with E-state index in [1.54, 1.807) is 12.1 Å². The van der Waals surface area contributed by atoms with Crippen molar-refractivity contribution in [2.45, 2.75) is 31.7 Å². The summed E-state index contributed by atoms with van der Waals surface area (Å²) in [5.74, 6) is 0.583. The first kappa shape index (κ1) is 14.7. The Labute approximate surface area is 119 Å². The SMILES string of the molecule is COc1ccc(C(=O)NC(CN)C2CCCC2)cc1O. The molecule has 1 fully saturated rings. The molecule has 0 radical (unpaired) electrons. The number of phenolic OH excluding ortho intramolecular Hbond substituents is 1. The van der Waals surface area contributed by atoms with Crippen molar-refractivity contribution in [2.75, 3.05) is 13.7 Å². The molecule has 1 atom stereocenters. The van der Waals surface area contributed by atoms with E-state index in [9.17, 15) is 9.90 Å². The lowest BCUT2D eigenvalue weighted by atomic mass is 9.98. The average Bonchev–Trinajstić information content (AvgIpc) is 2.98. The van der Waals surface area contributed by atoms with Crippen molar-refractivity contribution in [3.63, 3.8) is 0 Å². The molecule has 1 aromatic carbocycles. The predicted molar refractivity (Wildman–Crippen MR) is 76.9 cm³/mol.